The lowest BCUT2D eigenvalue weighted by atomic mass is 10.2. The number of rotatable bonds is 8. The van der Waals surface area contributed by atoms with Crippen molar-refractivity contribution in [3.8, 4) is 5.75 Å². The number of hydrogen-bond donors (Lipinski definition) is 1. The molecule has 100 valence electrons. The summed E-state index contributed by atoms with van der Waals surface area (Å²) in [5.74, 6) is -0.593. The number of hydrogen-bond acceptors (Lipinski definition) is 3. The third kappa shape index (κ3) is 5.58. The topological polar surface area (TPSA) is 55.8 Å². The average Bonchev–Trinajstić information content (AvgIpc) is 2.33. The Morgan fingerprint density at radius 2 is 2.11 bits per heavy atom. The van der Waals surface area contributed by atoms with Crippen LogP contribution in [0, 0.1) is 0 Å². The van der Waals surface area contributed by atoms with E-state index in [9.17, 15) is 13.6 Å². The Morgan fingerprint density at radius 3 is 2.78 bits per heavy atom. The Morgan fingerprint density at radius 1 is 1.33 bits per heavy atom. The molecule has 0 aromatic heterocycles. The van der Waals surface area contributed by atoms with Crippen LogP contribution in [0.5, 0.6) is 5.75 Å². The highest BCUT2D eigenvalue weighted by Gasteiger charge is 2.04. The first-order valence-electron chi connectivity index (χ1n) is 5.41. The molecule has 0 heterocycles. The van der Waals surface area contributed by atoms with E-state index in [0.29, 0.717) is 12.2 Å². The molecule has 0 fully saturated rings. The Labute approximate surface area is 103 Å². The first-order valence-corrected chi connectivity index (χ1v) is 5.41. The molecule has 0 saturated heterocycles. The van der Waals surface area contributed by atoms with Crippen LogP contribution in [-0.2, 0) is 4.74 Å². The van der Waals surface area contributed by atoms with Gasteiger partial charge >= 0.3 is 5.97 Å². The average molecular weight is 260 g/mol. The van der Waals surface area contributed by atoms with Gasteiger partial charge in [0.15, 0.2) is 0 Å². The van der Waals surface area contributed by atoms with Crippen LogP contribution < -0.4 is 4.74 Å². The van der Waals surface area contributed by atoms with Crippen molar-refractivity contribution in [3.05, 3.63) is 29.8 Å². The molecule has 0 saturated carbocycles. The van der Waals surface area contributed by atoms with Gasteiger partial charge in [0.05, 0.1) is 18.8 Å². The summed E-state index contributed by atoms with van der Waals surface area (Å²) in [7, 11) is 0. The van der Waals surface area contributed by atoms with Crippen molar-refractivity contribution in [2.45, 2.75) is 12.8 Å². The quantitative estimate of drug-likeness (QED) is 0.729. The van der Waals surface area contributed by atoms with Crippen molar-refractivity contribution in [1.82, 2.24) is 0 Å². The van der Waals surface area contributed by atoms with Gasteiger partial charge in [-0.3, -0.25) is 0 Å². The number of carboxylic acid groups (broad SMARTS) is 1. The summed E-state index contributed by atoms with van der Waals surface area (Å²) >= 11 is 0. The molecule has 0 spiro atoms. The monoisotopic (exact) mass is 260 g/mol. The van der Waals surface area contributed by atoms with E-state index >= 15 is 0 Å². The van der Waals surface area contributed by atoms with Crippen molar-refractivity contribution in [2.75, 3.05) is 19.8 Å². The molecule has 0 aliphatic rings. The molecule has 1 rings (SSSR count). The zero-order chi connectivity index (χ0) is 13.4. The maximum absolute atomic E-state index is 11.7. The second-order valence-electron chi connectivity index (χ2n) is 3.50. The Balaban J connectivity index is 2.23. The van der Waals surface area contributed by atoms with Gasteiger partial charge in [-0.15, -0.1) is 0 Å². The minimum atomic E-state index is -2.46. The second-order valence-corrected chi connectivity index (χ2v) is 3.50. The number of alkyl halides is 2. The SMILES string of the molecule is O=C(O)c1cccc(OCCCOCC(F)F)c1. The first kappa shape index (κ1) is 14.4. The van der Waals surface area contributed by atoms with Gasteiger partial charge in [-0.05, 0) is 18.2 Å². The zero-order valence-electron chi connectivity index (χ0n) is 9.64. The van der Waals surface area contributed by atoms with Gasteiger partial charge in [0.1, 0.15) is 12.4 Å². The Kier molecular flexibility index (Phi) is 6.07. The molecule has 0 atom stereocenters. The normalized spacial score (nSPS) is 10.6. The van der Waals surface area contributed by atoms with E-state index < -0.39 is 19.0 Å². The highest BCUT2D eigenvalue weighted by Crippen LogP contribution is 2.13. The van der Waals surface area contributed by atoms with Crippen LogP contribution in [-0.4, -0.2) is 37.3 Å². The molecule has 0 unspecified atom stereocenters. The minimum absolute atomic E-state index is 0.140. The van der Waals surface area contributed by atoms with E-state index in [4.69, 9.17) is 9.84 Å². The maximum atomic E-state index is 11.7. The highest BCUT2D eigenvalue weighted by atomic mass is 19.3. The van der Waals surface area contributed by atoms with E-state index in [1.54, 1.807) is 12.1 Å². The molecule has 1 aromatic rings. The number of halogens is 2. The van der Waals surface area contributed by atoms with E-state index in [2.05, 4.69) is 4.74 Å². The third-order valence-electron chi connectivity index (χ3n) is 2.03. The number of carboxylic acids is 1. The van der Waals surface area contributed by atoms with Gasteiger partial charge in [-0.1, -0.05) is 6.07 Å². The summed E-state index contributed by atoms with van der Waals surface area (Å²) in [6.45, 7) is -0.107. The van der Waals surface area contributed by atoms with E-state index in [1.807, 2.05) is 0 Å². The summed E-state index contributed by atoms with van der Waals surface area (Å²) in [6.07, 6.45) is -2.00. The number of carbonyl (C=O) groups is 1. The molecule has 0 aliphatic carbocycles. The van der Waals surface area contributed by atoms with E-state index in [0.717, 1.165) is 0 Å². The highest BCUT2D eigenvalue weighted by molar-refractivity contribution is 5.87. The molecule has 0 amide bonds. The molecule has 1 aromatic carbocycles. The molecule has 0 radical (unpaired) electrons. The van der Waals surface area contributed by atoms with Crippen molar-refractivity contribution in [3.63, 3.8) is 0 Å². The predicted octanol–water partition coefficient (Wildman–Crippen LogP) is 2.44. The maximum Gasteiger partial charge on any atom is 0.335 e. The molecule has 4 nitrogen and oxygen atoms in total. The molecule has 18 heavy (non-hydrogen) atoms. The van der Waals surface area contributed by atoms with Gasteiger partial charge in [0.2, 0.25) is 0 Å². The molecule has 6 heteroatoms. The van der Waals surface area contributed by atoms with Gasteiger partial charge in [-0.2, -0.15) is 0 Å². The molecular weight excluding hydrogens is 246 g/mol. The van der Waals surface area contributed by atoms with Gasteiger partial charge < -0.3 is 14.6 Å². The summed E-state index contributed by atoms with van der Waals surface area (Å²) in [5, 5.41) is 8.76. The van der Waals surface area contributed by atoms with E-state index in [1.165, 1.54) is 12.1 Å². The summed E-state index contributed by atoms with van der Waals surface area (Å²) in [5.41, 5.74) is 0.140. The number of benzene rings is 1. The van der Waals surface area contributed by atoms with Crippen molar-refractivity contribution in [2.24, 2.45) is 0 Å². The molecule has 0 aliphatic heterocycles. The van der Waals surface area contributed by atoms with Crippen LogP contribution in [0.25, 0.3) is 0 Å². The second kappa shape index (κ2) is 7.60. The van der Waals surface area contributed by atoms with Crippen LogP contribution in [0.3, 0.4) is 0 Å². The first-order chi connectivity index (χ1) is 8.59. The molecular formula is C12H14F2O4. The van der Waals surface area contributed by atoms with E-state index in [-0.39, 0.29) is 18.8 Å². The lowest BCUT2D eigenvalue weighted by Crippen LogP contribution is -2.08. The minimum Gasteiger partial charge on any atom is -0.493 e. The Bertz CT molecular complexity index is 382. The fraction of sp³-hybridized carbons (Fsp3) is 0.417. The molecule has 0 bridgehead atoms. The lowest BCUT2D eigenvalue weighted by molar-refractivity contribution is 0.0139. The smallest absolute Gasteiger partial charge is 0.335 e. The van der Waals surface area contributed by atoms with Gasteiger partial charge in [-0.25, -0.2) is 13.6 Å². The number of ether oxygens (including phenoxy) is 2. The third-order valence-corrected chi connectivity index (χ3v) is 2.03. The fourth-order valence-electron chi connectivity index (χ4n) is 1.24. The number of aromatic carboxylic acids is 1. The Hall–Kier alpha value is -1.69. The van der Waals surface area contributed by atoms with Gasteiger partial charge in [0.25, 0.3) is 6.43 Å². The largest absolute Gasteiger partial charge is 0.493 e. The van der Waals surface area contributed by atoms with Crippen molar-refractivity contribution >= 4 is 5.97 Å². The fourth-order valence-corrected chi connectivity index (χ4v) is 1.24. The standard InChI is InChI=1S/C12H14F2O4/c13-11(14)8-17-5-2-6-18-10-4-1-3-9(7-10)12(15)16/h1,3-4,7,11H,2,5-6,8H2,(H,15,16). The summed E-state index contributed by atoms with van der Waals surface area (Å²) < 4.78 is 33.4. The van der Waals surface area contributed by atoms with Gasteiger partial charge in [0, 0.05) is 6.42 Å². The van der Waals surface area contributed by atoms with Crippen molar-refractivity contribution in [1.29, 1.82) is 0 Å². The van der Waals surface area contributed by atoms with Crippen LogP contribution in [0.15, 0.2) is 24.3 Å². The summed E-state index contributed by atoms with van der Waals surface area (Å²) in [6, 6.07) is 6.07. The lowest BCUT2D eigenvalue weighted by Gasteiger charge is -2.07. The summed E-state index contributed by atoms with van der Waals surface area (Å²) in [4.78, 5) is 10.7. The zero-order valence-corrected chi connectivity index (χ0v) is 9.64. The predicted molar refractivity (Wildman–Crippen MR) is 60.3 cm³/mol. The van der Waals surface area contributed by atoms with Crippen molar-refractivity contribution < 1.29 is 28.2 Å². The van der Waals surface area contributed by atoms with Crippen LogP contribution in [0.1, 0.15) is 16.8 Å². The van der Waals surface area contributed by atoms with Crippen LogP contribution in [0.4, 0.5) is 8.78 Å². The molecule has 1 N–H and O–H groups in total. The van der Waals surface area contributed by atoms with Crippen LogP contribution >= 0.6 is 0 Å². The van der Waals surface area contributed by atoms with Crippen LogP contribution in [0.2, 0.25) is 0 Å².